The first-order valence-corrected chi connectivity index (χ1v) is 11.0. The van der Waals surface area contributed by atoms with E-state index in [2.05, 4.69) is 16.9 Å². The second-order valence-electron chi connectivity index (χ2n) is 7.88. The standard InChI is InChI=1S/C23H30F3N3O2/c1-3-4-8-14-30-19-13-9-10-17(15-19)29(2)21-20(23(24,25)26)16-27-22(28-21)31-18-11-6-5-7-12-18/h9-10,13,15-16,18H,3-8,11-12,14H2,1-2H3. The summed E-state index contributed by atoms with van der Waals surface area (Å²) in [7, 11) is 1.55. The molecule has 1 aliphatic carbocycles. The fourth-order valence-corrected chi connectivity index (χ4v) is 3.65. The van der Waals surface area contributed by atoms with Gasteiger partial charge in [-0.2, -0.15) is 18.2 Å². The normalized spacial score (nSPS) is 15.0. The maximum atomic E-state index is 13.7. The van der Waals surface area contributed by atoms with Gasteiger partial charge in [-0.15, -0.1) is 0 Å². The molecule has 3 rings (SSSR count). The minimum absolute atomic E-state index is 0.0197. The summed E-state index contributed by atoms with van der Waals surface area (Å²) in [6, 6.07) is 6.98. The molecule has 1 aromatic heterocycles. The number of hydrogen-bond donors (Lipinski definition) is 0. The van der Waals surface area contributed by atoms with Gasteiger partial charge in [-0.1, -0.05) is 32.3 Å². The molecule has 1 aliphatic rings. The lowest BCUT2D eigenvalue weighted by Gasteiger charge is -2.25. The van der Waals surface area contributed by atoms with E-state index >= 15 is 0 Å². The maximum Gasteiger partial charge on any atom is 0.421 e. The van der Waals surface area contributed by atoms with E-state index in [1.54, 1.807) is 31.3 Å². The second-order valence-corrected chi connectivity index (χ2v) is 7.88. The van der Waals surface area contributed by atoms with E-state index in [1.807, 2.05) is 0 Å². The topological polar surface area (TPSA) is 47.5 Å². The van der Waals surface area contributed by atoms with Gasteiger partial charge in [0.1, 0.15) is 17.4 Å². The van der Waals surface area contributed by atoms with Crippen molar-refractivity contribution >= 4 is 11.5 Å². The van der Waals surface area contributed by atoms with Gasteiger partial charge in [0.05, 0.1) is 6.61 Å². The number of alkyl halides is 3. The Kier molecular flexibility index (Phi) is 7.98. The van der Waals surface area contributed by atoms with Crippen LogP contribution in [0.5, 0.6) is 11.8 Å². The predicted octanol–water partition coefficient (Wildman–Crippen LogP) is 6.54. The van der Waals surface area contributed by atoms with Gasteiger partial charge >= 0.3 is 12.2 Å². The summed E-state index contributed by atoms with van der Waals surface area (Å²) < 4.78 is 52.5. The molecule has 1 saturated carbocycles. The van der Waals surface area contributed by atoms with Crippen molar-refractivity contribution in [2.24, 2.45) is 0 Å². The van der Waals surface area contributed by atoms with Crippen molar-refractivity contribution < 1.29 is 22.6 Å². The van der Waals surface area contributed by atoms with Crippen molar-refractivity contribution in [1.29, 1.82) is 0 Å². The van der Waals surface area contributed by atoms with E-state index in [0.717, 1.165) is 57.6 Å². The van der Waals surface area contributed by atoms with E-state index in [-0.39, 0.29) is 17.9 Å². The average molecular weight is 438 g/mol. The Labute approximate surface area is 181 Å². The van der Waals surface area contributed by atoms with E-state index in [1.165, 1.54) is 4.90 Å². The molecule has 0 amide bonds. The minimum atomic E-state index is -4.58. The third kappa shape index (κ3) is 6.48. The summed E-state index contributed by atoms with van der Waals surface area (Å²) in [6.45, 7) is 2.68. The van der Waals surface area contributed by atoms with Gasteiger partial charge in [-0.3, -0.25) is 0 Å². The second kappa shape index (κ2) is 10.7. The van der Waals surface area contributed by atoms with Crippen LogP contribution in [-0.4, -0.2) is 29.7 Å². The van der Waals surface area contributed by atoms with Crippen molar-refractivity contribution in [3.63, 3.8) is 0 Å². The summed E-state index contributed by atoms with van der Waals surface area (Å²) in [4.78, 5) is 9.40. The maximum absolute atomic E-state index is 13.7. The molecule has 1 heterocycles. The van der Waals surface area contributed by atoms with E-state index in [0.29, 0.717) is 18.0 Å². The Morgan fingerprint density at radius 3 is 2.61 bits per heavy atom. The first-order chi connectivity index (χ1) is 14.9. The van der Waals surface area contributed by atoms with Crippen molar-refractivity contribution in [3.05, 3.63) is 36.0 Å². The van der Waals surface area contributed by atoms with Crippen LogP contribution in [0.2, 0.25) is 0 Å². The number of hydrogen-bond acceptors (Lipinski definition) is 5. The molecule has 0 atom stereocenters. The number of aromatic nitrogens is 2. The molecule has 0 spiro atoms. The van der Waals surface area contributed by atoms with Crippen molar-refractivity contribution in [2.45, 2.75) is 70.6 Å². The fourth-order valence-electron chi connectivity index (χ4n) is 3.65. The molecule has 170 valence electrons. The molecule has 1 aromatic carbocycles. The molecule has 0 unspecified atom stereocenters. The van der Waals surface area contributed by atoms with Crippen LogP contribution in [0.1, 0.15) is 63.9 Å². The van der Waals surface area contributed by atoms with Gasteiger partial charge in [-0.25, -0.2) is 4.98 Å². The number of halogens is 3. The quantitative estimate of drug-likeness (QED) is 0.417. The molecule has 5 nitrogen and oxygen atoms in total. The van der Waals surface area contributed by atoms with Crippen LogP contribution in [0, 0.1) is 0 Å². The summed E-state index contributed by atoms with van der Waals surface area (Å²) in [5, 5.41) is 0. The van der Waals surface area contributed by atoms with Gasteiger partial charge in [0, 0.05) is 25.0 Å². The Balaban J connectivity index is 1.83. The molecule has 0 radical (unpaired) electrons. The monoisotopic (exact) mass is 437 g/mol. The van der Waals surface area contributed by atoms with E-state index in [4.69, 9.17) is 9.47 Å². The third-order valence-corrected chi connectivity index (χ3v) is 5.42. The lowest BCUT2D eigenvalue weighted by atomic mass is 9.98. The smallest absolute Gasteiger partial charge is 0.421 e. The fraction of sp³-hybridized carbons (Fsp3) is 0.565. The molecule has 0 N–H and O–H groups in total. The summed E-state index contributed by atoms with van der Waals surface area (Å²) in [5.41, 5.74) is -0.360. The van der Waals surface area contributed by atoms with Gasteiger partial charge in [-0.05, 0) is 44.2 Å². The average Bonchev–Trinajstić information content (AvgIpc) is 2.76. The largest absolute Gasteiger partial charge is 0.494 e. The van der Waals surface area contributed by atoms with E-state index < -0.39 is 11.7 Å². The number of nitrogens with zero attached hydrogens (tertiary/aromatic N) is 3. The Bertz CT molecular complexity index is 839. The number of rotatable bonds is 9. The van der Waals surface area contributed by atoms with Crippen LogP contribution in [0.4, 0.5) is 24.7 Å². The SMILES string of the molecule is CCCCCOc1cccc(N(C)c2nc(OC3CCCCC3)ncc2C(F)(F)F)c1. The van der Waals surface area contributed by atoms with Crippen molar-refractivity contribution in [1.82, 2.24) is 9.97 Å². The van der Waals surface area contributed by atoms with Crippen LogP contribution >= 0.6 is 0 Å². The summed E-state index contributed by atoms with van der Waals surface area (Å²) in [6.07, 6.45) is 4.24. The molecule has 1 fully saturated rings. The molecular formula is C23H30F3N3O2. The highest BCUT2D eigenvalue weighted by atomic mass is 19.4. The predicted molar refractivity (Wildman–Crippen MR) is 114 cm³/mol. The third-order valence-electron chi connectivity index (χ3n) is 5.42. The van der Waals surface area contributed by atoms with Crippen molar-refractivity contribution in [2.75, 3.05) is 18.6 Å². The Morgan fingerprint density at radius 2 is 1.90 bits per heavy atom. The lowest BCUT2D eigenvalue weighted by Crippen LogP contribution is -2.23. The van der Waals surface area contributed by atoms with Crippen LogP contribution in [0.15, 0.2) is 30.5 Å². The van der Waals surface area contributed by atoms with Crippen LogP contribution in [0.25, 0.3) is 0 Å². The Morgan fingerprint density at radius 1 is 1.13 bits per heavy atom. The molecule has 0 bridgehead atoms. The van der Waals surface area contributed by atoms with E-state index in [9.17, 15) is 13.2 Å². The highest BCUT2D eigenvalue weighted by Crippen LogP contribution is 2.38. The zero-order valence-corrected chi connectivity index (χ0v) is 18.1. The highest BCUT2D eigenvalue weighted by molar-refractivity contribution is 5.64. The minimum Gasteiger partial charge on any atom is -0.494 e. The zero-order valence-electron chi connectivity index (χ0n) is 18.1. The van der Waals surface area contributed by atoms with Gasteiger partial charge < -0.3 is 14.4 Å². The number of ether oxygens (including phenoxy) is 2. The summed E-state index contributed by atoms with van der Waals surface area (Å²) >= 11 is 0. The van der Waals surface area contributed by atoms with Gasteiger partial charge in [0.15, 0.2) is 5.82 Å². The molecular weight excluding hydrogens is 407 g/mol. The molecule has 0 aliphatic heterocycles. The zero-order chi connectivity index (χ0) is 22.3. The molecule has 2 aromatic rings. The van der Waals surface area contributed by atoms with Gasteiger partial charge in [0.25, 0.3) is 0 Å². The van der Waals surface area contributed by atoms with Crippen LogP contribution < -0.4 is 14.4 Å². The first kappa shape index (κ1) is 23.2. The van der Waals surface area contributed by atoms with Crippen LogP contribution in [0.3, 0.4) is 0 Å². The van der Waals surface area contributed by atoms with Gasteiger partial charge in [0.2, 0.25) is 0 Å². The number of anilines is 2. The lowest BCUT2D eigenvalue weighted by molar-refractivity contribution is -0.137. The molecule has 0 saturated heterocycles. The highest BCUT2D eigenvalue weighted by Gasteiger charge is 2.37. The van der Waals surface area contributed by atoms with Crippen molar-refractivity contribution in [3.8, 4) is 11.8 Å². The Hall–Kier alpha value is -2.51. The van der Waals surface area contributed by atoms with Crippen LogP contribution in [-0.2, 0) is 6.18 Å². The number of unbranched alkanes of at least 4 members (excludes halogenated alkanes) is 2. The summed E-state index contributed by atoms with van der Waals surface area (Å²) in [5.74, 6) is 0.373. The molecule has 8 heteroatoms. The number of benzene rings is 1. The molecule has 31 heavy (non-hydrogen) atoms. The first-order valence-electron chi connectivity index (χ1n) is 11.0.